The maximum atomic E-state index is 12.2. The van der Waals surface area contributed by atoms with Gasteiger partial charge >= 0.3 is 0 Å². The largest absolute Gasteiger partial charge is 0.355 e. The summed E-state index contributed by atoms with van der Waals surface area (Å²) in [6, 6.07) is 7.53. The molecule has 3 aromatic rings. The molecule has 0 aromatic carbocycles. The zero-order chi connectivity index (χ0) is 19.3. The third-order valence-corrected chi connectivity index (χ3v) is 5.93. The molecule has 1 fully saturated rings. The van der Waals surface area contributed by atoms with Crippen LogP contribution in [0.2, 0.25) is 4.34 Å². The average molecular weight is 417 g/mol. The molecule has 28 heavy (non-hydrogen) atoms. The van der Waals surface area contributed by atoms with Crippen molar-refractivity contribution in [2.24, 2.45) is 0 Å². The smallest absolute Gasteiger partial charge is 0.173 e. The van der Waals surface area contributed by atoms with Crippen LogP contribution >= 0.6 is 22.9 Å². The number of hydrogen-bond donors (Lipinski definition) is 1. The highest BCUT2D eigenvalue weighted by molar-refractivity contribution is 7.18. The number of nitrogens with one attached hydrogen (secondary N) is 1. The SMILES string of the molecule is O=C(CCc1cn(-c2ccc(N3CCCNCC3)nc2)nn1)c1ccc(Cl)s1. The quantitative estimate of drug-likeness (QED) is 0.622. The number of aromatic nitrogens is 4. The van der Waals surface area contributed by atoms with Gasteiger partial charge in [0.15, 0.2) is 5.78 Å². The summed E-state index contributed by atoms with van der Waals surface area (Å²) in [4.78, 5) is 19.8. The molecule has 0 bridgehead atoms. The number of nitrogens with zero attached hydrogens (tertiary/aromatic N) is 5. The molecule has 146 valence electrons. The second kappa shape index (κ2) is 8.81. The maximum absolute atomic E-state index is 12.2. The van der Waals surface area contributed by atoms with Crippen LogP contribution in [0.4, 0.5) is 5.82 Å². The summed E-state index contributed by atoms with van der Waals surface area (Å²) in [7, 11) is 0. The minimum atomic E-state index is 0.0735. The number of carbonyl (C=O) groups excluding carboxylic acids is 1. The lowest BCUT2D eigenvalue weighted by atomic mass is 10.1. The zero-order valence-corrected chi connectivity index (χ0v) is 16.9. The van der Waals surface area contributed by atoms with Crippen molar-refractivity contribution >= 4 is 34.5 Å². The van der Waals surface area contributed by atoms with Crippen molar-refractivity contribution in [2.75, 3.05) is 31.1 Å². The van der Waals surface area contributed by atoms with Gasteiger partial charge < -0.3 is 10.2 Å². The molecule has 0 aliphatic carbocycles. The lowest BCUT2D eigenvalue weighted by Crippen LogP contribution is -2.28. The van der Waals surface area contributed by atoms with Gasteiger partial charge in [-0.1, -0.05) is 16.8 Å². The van der Waals surface area contributed by atoms with E-state index in [1.165, 1.54) is 11.3 Å². The van der Waals surface area contributed by atoms with Crippen LogP contribution in [0, 0.1) is 0 Å². The van der Waals surface area contributed by atoms with Crippen LogP contribution < -0.4 is 10.2 Å². The van der Waals surface area contributed by atoms with E-state index in [1.807, 2.05) is 24.5 Å². The van der Waals surface area contributed by atoms with Gasteiger partial charge in [0.05, 0.1) is 33.0 Å². The lowest BCUT2D eigenvalue weighted by Gasteiger charge is -2.20. The number of aryl methyl sites for hydroxylation is 1. The minimum Gasteiger partial charge on any atom is -0.355 e. The predicted octanol–water partition coefficient (Wildman–Crippen LogP) is 2.99. The van der Waals surface area contributed by atoms with Crippen molar-refractivity contribution in [1.29, 1.82) is 0 Å². The van der Waals surface area contributed by atoms with E-state index in [2.05, 4.69) is 25.5 Å². The first kappa shape index (κ1) is 19.0. The number of hydrogen-bond acceptors (Lipinski definition) is 7. The fourth-order valence-corrected chi connectivity index (χ4v) is 4.15. The molecule has 0 saturated carbocycles. The highest BCUT2D eigenvalue weighted by Crippen LogP contribution is 2.23. The molecule has 1 aliphatic rings. The number of halogens is 1. The van der Waals surface area contributed by atoms with Crippen LogP contribution in [0.15, 0.2) is 36.7 Å². The van der Waals surface area contributed by atoms with Gasteiger partial charge in [0.25, 0.3) is 0 Å². The number of Topliss-reactive ketones (excluding diaryl/α,β-unsaturated/α-hetero) is 1. The fraction of sp³-hybridized carbons (Fsp3) is 0.368. The molecular weight excluding hydrogens is 396 g/mol. The van der Waals surface area contributed by atoms with Crippen LogP contribution in [-0.2, 0) is 6.42 Å². The minimum absolute atomic E-state index is 0.0735. The normalized spacial score (nSPS) is 14.8. The molecule has 4 rings (SSSR count). The van der Waals surface area contributed by atoms with E-state index in [0.717, 1.165) is 49.8 Å². The molecule has 9 heteroatoms. The Balaban J connectivity index is 1.37. The third-order valence-electron chi connectivity index (χ3n) is 4.66. The molecule has 0 atom stereocenters. The summed E-state index contributed by atoms with van der Waals surface area (Å²) in [5.41, 5.74) is 1.63. The molecule has 0 unspecified atom stereocenters. The van der Waals surface area contributed by atoms with Crippen molar-refractivity contribution in [1.82, 2.24) is 25.3 Å². The maximum Gasteiger partial charge on any atom is 0.173 e. The first-order valence-corrected chi connectivity index (χ1v) is 10.5. The van der Waals surface area contributed by atoms with Crippen LogP contribution in [-0.4, -0.2) is 51.9 Å². The molecule has 0 radical (unpaired) electrons. The summed E-state index contributed by atoms with van der Waals surface area (Å²) in [5.74, 6) is 1.05. The number of carbonyl (C=O) groups is 1. The topological polar surface area (TPSA) is 75.9 Å². The Kier molecular flexibility index (Phi) is 5.99. The Labute approximate surface area is 172 Å². The van der Waals surface area contributed by atoms with Crippen LogP contribution in [0.3, 0.4) is 0 Å². The molecule has 1 saturated heterocycles. The molecule has 1 aliphatic heterocycles. The second-order valence-electron chi connectivity index (χ2n) is 6.65. The van der Waals surface area contributed by atoms with E-state index in [-0.39, 0.29) is 5.78 Å². The molecule has 4 heterocycles. The lowest BCUT2D eigenvalue weighted by molar-refractivity contribution is 0.0986. The Morgan fingerprint density at radius 1 is 1.21 bits per heavy atom. The Bertz CT molecular complexity index is 930. The molecule has 0 amide bonds. The molecule has 1 N–H and O–H groups in total. The van der Waals surface area contributed by atoms with Gasteiger partial charge in [0.2, 0.25) is 0 Å². The highest BCUT2D eigenvalue weighted by Gasteiger charge is 2.13. The van der Waals surface area contributed by atoms with Crippen LogP contribution in [0.1, 0.15) is 28.2 Å². The van der Waals surface area contributed by atoms with E-state index < -0.39 is 0 Å². The van der Waals surface area contributed by atoms with Gasteiger partial charge in [-0.2, -0.15) is 0 Å². The fourth-order valence-electron chi connectivity index (χ4n) is 3.14. The van der Waals surface area contributed by atoms with Crippen LogP contribution in [0.25, 0.3) is 5.69 Å². The first-order valence-electron chi connectivity index (χ1n) is 9.31. The standard InChI is InChI=1S/C19H21ClN6OS/c20-18-6-5-17(28-18)16(27)4-2-14-13-26(24-23-14)15-3-7-19(22-12-15)25-10-1-8-21-9-11-25/h3,5-7,12-13,21H,1-2,4,8-11H2. The number of anilines is 1. The summed E-state index contributed by atoms with van der Waals surface area (Å²) < 4.78 is 2.32. The Morgan fingerprint density at radius 3 is 2.93 bits per heavy atom. The van der Waals surface area contributed by atoms with E-state index in [1.54, 1.807) is 16.8 Å². The van der Waals surface area contributed by atoms with Gasteiger partial charge in [0, 0.05) is 32.5 Å². The van der Waals surface area contributed by atoms with Crippen molar-refractivity contribution < 1.29 is 4.79 Å². The predicted molar refractivity (Wildman–Crippen MR) is 111 cm³/mol. The van der Waals surface area contributed by atoms with Crippen molar-refractivity contribution in [2.45, 2.75) is 19.3 Å². The monoisotopic (exact) mass is 416 g/mol. The highest BCUT2D eigenvalue weighted by atomic mass is 35.5. The first-order chi connectivity index (χ1) is 13.7. The van der Waals surface area contributed by atoms with E-state index in [0.29, 0.717) is 22.1 Å². The zero-order valence-electron chi connectivity index (χ0n) is 15.3. The molecule has 7 nitrogen and oxygen atoms in total. The summed E-state index contributed by atoms with van der Waals surface area (Å²) >= 11 is 7.20. The molecular formula is C19H21ClN6OS. The van der Waals surface area contributed by atoms with Crippen molar-refractivity contribution in [3.05, 3.63) is 51.6 Å². The van der Waals surface area contributed by atoms with Gasteiger partial charge in [-0.05, 0) is 37.2 Å². The van der Waals surface area contributed by atoms with E-state index >= 15 is 0 Å². The van der Waals surface area contributed by atoms with Crippen molar-refractivity contribution in [3.8, 4) is 5.69 Å². The molecule has 3 aromatic heterocycles. The van der Waals surface area contributed by atoms with Gasteiger partial charge in [-0.25, -0.2) is 9.67 Å². The Morgan fingerprint density at radius 2 is 2.14 bits per heavy atom. The van der Waals surface area contributed by atoms with Gasteiger partial charge in [-0.3, -0.25) is 4.79 Å². The summed E-state index contributed by atoms with van der Waals surface area (Å²) in [6.07, 6.45) is 5.70. The van der Waals surface area contributed by atoms with Gasteiger partial charge in [0.1, 0.15) is 5.82 Å². The van der Waals surface area contributed by atoms with Crippen LogP contribution in [0.5, 0.6) is 0 Å². The number of rotatable bonds is 6. The Hall–Kier alpha value is -2.29. The number of thiophene rings is 1. The molecule has 0 spiro atoms. The van der Waals surface area contributed by atoms with E-state index in [4.69, 9.17) is 11.6 Å². The number of ketones is 1. The second-order valence-corrected chi connectivity index (χ2v) is 8.36. The van der Waals surface area contributed by atoms with Crippen molar-refractivity contribution in [3.63, 3.8) is 0 Å². The summed E-state index contributed by atoms with van der Waals surface area (Å²) in [6.45, 7) is 4.00. The average Bonchev–Trinajstić information content (AvgIpc) is 3.28. The van der Waals surface area contributed by atoms with Gasteiger partial charge in [-0.15, -0.1) is 16.4 Å². The summed E-state index contributed by atoms with van der Waals surface area (Å²) in [5, 5.41) is 11.7. The number of pyridine rings is 1. The van der Waals surface area contributed by atoms with E-state index in [9.17, 15) is 4.79 Å². The third kappa shape index (κ3) is 4.57.